The molecule has 92 valence electrons. The highest BCUT2D eigenvalue weighted by Crippen LogP contribution is 2.10. The number of benzene rings is 1. The third-order valence-electron chi connectivity index (χ3n) is 2.36. The molecule has 4 heteroatoms. The van der Waals surface area contributed by atoms with Gasteiger partial charge in [-0.3, -0.25) is 9.59 Å². The maximum Gasteiger partial charge on any atom is 0.305 e. The minimum Gasteiger partial charge on any atom is -0.481 e. The molecular formula is C13H17NO3. The highest BCUT2D eigenvalue weighted by molar-refractivity contribution is 5.94. The van der Waals surface area contributed by atoms with Crippen molar-refractivity contribution in [1.82, 2.24) is 5.32 Å². The summed E-state index contributed by atoms with van der Waals surface area (Å²) < 4.78 is 0. The Kier molecular flexibility index (Phi) is 3.89. The number of carbonyl (C=O) groups is 2. The normalized spacial score (nSPS) is 11.0. The molecule has 1 aromatic rings. The van der Waals surface area contributed by atoms with Gasteiger partial charge in [0.25, 0.3) is 5.91 Å². The van der Waals surface area contributed by atoms with Crippen LogP contribution in [-0.4, -0.2) is 22.5 Å². The highest BCUT2D eigenvalue weighted by atomic mass is 16.4. The number of amides is 1. The lowest BCUT2D eigenvalue weighted by molar-refractivity contribution is -0.138. The second kappa shape index (κ2) is 4.99. The fourth-order valence-electron chi connectivity index (χ4n) is 1.51. The minimum absolute atomic E-state index is 0.107. The second-order valence-corrected chi connectivity index (χ2v) is 4.77. The van der Waals surface area contributed by atoms with Crippen molar-refractivity contribution in [1.29, 1.82) is 0 Å². The van der Waals surface area contributed by atoms with Crippen molar-refractivity contribution in [3.8, 4) is 0 Å². The number of rotatable bonds is 4. The number of nitrogens with one attached hydrogen (secondary N) is 1. The van der Waals surface area contributed by atoms with Gasteiger partial charge in [0.2, 0.25) is 0 Å². The quantitative estimate of drug-likeness (QED) is 0.838. The van der Waals surface area contributed by atoms with E-state index in [1.54, 1.807) is 26.0 Å². The van der Waals surface area contributed by atoms with Gasteiger partial charge < -0.3 is 10.4 Å². The second-order valence-electron chi connectivity index (χ2n) is 4.77. The smallest absolute Gasteiger partial charge is 0.305 e. The van der Waals surface area contributed by atoms with E-state index in [0.29, 0.717) is 5.56 Å². The summed E-state index contributed by atoms with van der Waals surface area (Å²) in [5.41, 5.74) is 0.855. The lowest BCUT2D eigenvalue weighted by Gasteiger charge is -2.24. The Balaban J connectivity index is 2.72. The Hall–Kier alpha value is -1.84. The predicted molar refractivity (Wildman–Crippen MR) is 65.0 cm³/mol. The molecule has 0 atom stereocenters. The van der Waals surface area contributed by atoms with Gasteiger partial charge in [0.15, 0.2) is 0 Å². The van der Waals surface area contributed by atoms with E-state index in [1.165, 1.54) is 0 Å². The number of carbonyl (C=O) groups excluding carboxylic acids is 1. The number of carboxylic acid groups (broad SMARTS) is 1. The molecule has 0 spiro atoms. The van der Waals surface area contributed by atoms with Crippen LogP contribution in [0.25, 0.3) is 0 Å². The van der Waals surface area contributed by atoms with Crippen LogP contribution < -0.4 is 5.32 Å². The van der Waals surface area contributed by atoms with E-state index in [-0.39, 0.29) is 12.3 Å². The van der Waals surface area contributed by atoms with Gasteiger partial charge in [0.1, 0.15) is 0 Å². The van der Waals surface area contributed by atoms with Gasteiger partial charge in [-0.05, 0) is 32.9 Å². The molecule has 2 N–H and O–H groups in total. The Bertz CT molecular complexity index is 421. The lowest BCUT2D eigenvalue weighted by atomic mass is 10.00. The molecule has 0 unspecified atom stereocenters. The van der Waals surface area contributed by atoms with Gasteiger partial charge in [0.05, 0.1) is 6.42 Å². The van der Waals surface area contributed by atoms with Crippen LogP contribution in [0.3, 0.4) is 0 Å². The van der Waals surface area contributed by atoms with Gasteiger partial charge in [-0.1, -0.05) is 17.7 Å². The first-order chi connectivity index (χ1) is 7.80. The van der Waals surface area contributed by atoms with E-state index >= 15 is 0 Å². The number of hydrogen-bond donors (Lipinski definition) is 2. The molecule has 4 nitrogen and oxygen atoms in total. The van der Waals surface area contributed by atoms with Gasteiger partial charge in [-0.2, -0.15) is 0 Å². The van der Waals surface area contributed by atoms with Gasteiger partial charge in [0, 0.05) is 11.1 Å². The van der Waals surface area contributed by atoms with Crippen LogP contribution in [0.5, 0.6) is 0 Å². The first-order valence-electron chi connectivity index (χ1n) is 5.41. The summed E-state index contributed by atoms with van der Waals surface area (Å²) in [6, 6.07) is 7.14. The highest BCUT2D eigenvalue weighted by Gasteiger charge is 2.24. The molecule has 0 saturated carbocycles. The number of aryl methyl sites for hydroxylation is 1. The van der Waals surface area contributed by atoms with Crippen LogP contribution in [-0.2, 0) is 4.79 Å². The molecule has 1 amide bonds. The summed E-state index contributed by atoms with van der Waals surface area (Å²) in [5.74, 6) is -1.18. The first kappa shape index (κ1) is 13.2. The summed E-state index contributed by atoms with van der Waals surface area (Å²) in [6.45, 7) is 5.32. The van der Waals surface area contributed by atoms with Crippen molar-refractivity contribution in [3.05, 3.63) is 35.4 Å². The van der Waals surface area contributed by atoms with E-state index in [9.17, 15) is 9.59 Å². The monoisotopic (exact) mass is 235 g/mol. The van der Waals surface area contributed by atoms with Gasteiger partial charge in [-0.25, -0.2) is 0 Å². The summed E-state index contributed by atoms with van der Waals surface area (Å²) >= 11 is 0. The molecule has 0 aliphatic heterocycles. The first-order valence-corrected chi connectivity index (χ1v) is 5.41. The lowest BCUT2D eigenvalue weighted by Crippen LogP contribution is -2.44. The van der Waals surface area contributed by atoms with E-state index in [2.05, 4.69) is 5.32 Å². The maximum absolute atomic E-state index is 11.8. The standard InChI is InChI=1S/C13H17NO3/c1-9-4-6-10(7-5-9)12(17)14-13(2,3)8-11(15)16/h4-7H,8H2,1-3H3,(H,14,17)(H,15,16). The average Bonchev–Trinajstić information content (AvgIpc) is 2.15. The van der Waals surface area contributed by atoms with Crippen LogP contribution in [0.1, 0.15) is 36.2 Å². The Labute approximate surface area is 101 Å². The van der Waals surface area contributed by atoms with Crippen LogP contribution in [0, 0.1) is 6.92 Å². The number of hydrogen-bond acceptors (Lipinski definition) is 2. The molecule has 0 saturated heterocycles. The molecule has 0 aliphatic carbocycles. The van der Waals surface area contributed by atoms with Crippen molar-refractivity contribution < 1.29 is 14.7 Å². The van der Waals surface area contributed by atoms with Crippen LogP contribution in [0.15, 0.2) is 24.3 Å². The van der Waals surface area contributed by atoms with Crippen LogP contribution in [0.2, 0.25) is 0 Å². The van der Waals surface area contributed by atoms with Gasteiger partial charge >= 0.3 is 5.97 Å². The Morgan fingerprint density at radius 1 is 1.24 bits per heavy atom. The third-order valence-corrected chi connectivity index (χ3v) is 2.36. The molecule has 17 heavy (non-hydrogen) atoms. The Morgan fingerprint density at radius 3 is 2.24 bits per heavy atom. The SMILES string of the molecule is Cc1ccc(C(=O)NC(C)(C)CC(=O)O)cc1. The van der Waals surface area contributed by atoms with Crippen molar-refractivity contribution in [2.75, 3.05) is 0 Å². The molecule has 0 aromatic heterocycles. The fourth-order valence-corrected chi connectivity index (χ4v) is 1.51. The van der Waals surface area contributed by atoms with Crippen molar-refractivity contribution >= 4 is 11.9 Å². The zero-order valence-electron chi connectivity index (χ0n) is 10.3. The van der Waals surface area contributed by atoms with E-state index in [0.717, 1.165) is 5.56 Å². The van der Waals surface area contributed by atoms with E-state index < -0.39 is 11.5 Å². The Morgan fingerprint density at radius 2 is 1.76 bits per heavy atom. The van der Waals surface area contributed by atoms with Crippen molar-refractivity contribution in [3.63, 3.8) is 0 Å². The number of carboxylic acids is 1. The third kappa shape index (κ3) is 4.26. The zero-order chi connectivity index (χ0) is 13.1. The zero-order valence-corrected chi connectivity index (χ0v) is 10.3. The minimum atomic E-state index is -0.931. The summed E-state index contributed by atoms with van der Waals surface area (Å²) in [7, 11) is 0. The summed E-state index contributed by atoms with van der Waals surface area (Å²) in [4.78, 5) is 22.5. The van der Waals surface area contributed by atoms with Crippen LogP contribution >= 0.6 is 0 Å². The predicted octanol–water partition coefficient (Wildman–Crippen LogP) is 1.98. The maximum atomic E-state index is 11.8. The molecule has 0 heterocycles. The number of aliphatic carboxylic acids is 1. The molecular weight excluding hydrogens is 218 g/mol. The van der Waals surface area contributed by atoms with Crippen molar-refractivity contribution in [2.45, 2.75) is 32.7 Å². The fraction of sp³-hybridized carbons (Fsp3) is 0.385. The summed E-state index contributed by atoms with van der Waals surface area (Å²) in [5, 5.41) is 11.4. The van der Waals surface area contributed by atoms with Crippen LogP contribution in [0.4, 0.5) is 0 Å². The molecule has 0 radical (unpaired) electrons. The van der Waals surface area contributed by atoms with E-state index in [1.807, 2.05) is 19.1 Å². The van der Waals surface area contributed by atoms with Crippen molar-refractivity contribution in [2.24, 2.45) is 0 Å². The summed E-state index contributed by atoms with van der Waals surface area (Å²) in [6.07, 6.45) is -0.107. The molecule has 1 aromatic carbocycles. The molecule has 1 rings (SSSR count). The molecule has 0 aliphatic rings. The molecule has 0 bridgehead atoms. The van der Waals surface area contributed by atoms with E-state index in [4.69, 9.17) is 5.11 Å². The molecule has 0 fully saturated rings. The average molecular weight is 235 g/mol. The largest absolute Gasteiger partial charge is 0.481 e. The topological polar surface area (TPSA) is 66.4 Å². The van der Waals surface area contributed by atoms with Gasteiger partial charge in [-0.15, -0.1) is 0 Å².